The van der Waals surface area contributed by atoms with Crippen molar-refractivity contribution in [1.82, 2.24) is 10.2 Å². The number of sulfonamides is 1. The predicted octanol–water partition coefficient (Wildman–Crippen LogP) is 4.52. The monoisotopic (exact) mass is 603 g/mol. The molecular formula is C28H31BrFN3O4S. The minimum absolute atomic E-state index is 0.173. The lowest BCUT2D eigenvalue weighted by Gasteiger charge is -2.33. The number of hydrogen-bond donors (Lipinski definition) is 1. The van der Waals surface area contributed by atoms with Crippen LogP contribution in [0.1, 0.15) is 24.5 Å². The Morgan fingerprint density at radius 3 is 2.32 bits per heavy atom. The average molecular weight is 605 g/mol. The lowest BCUT2D eigenvalue weighted by Crippen LogP contribution is -2.53. The maximum atomic E-state index is 14.7. The maximum absolute atomic E-state index is 14.7. The fourth-order valence-electron chi connectivity index (χ4n) is 3.98. The predicted molar refractivity (Wildman–Crippen MR) is 151 cm³/mol. The number of nitrogens with zero attached hydrogens (tertiary/aromatic N) is 2. The Kier molecular flexibility index (Phi) is 10.4. The molecule has 0 unspecified atom stereocenters. The van der Waals surface area contributed by atoms with Gasteiger partial charge < -0.3 is 10.2 Å². The molecule has 0 saturated heterocycles. The summed E-state index contributed by atoms with van der Waals surface area (Å²) in [4.78, 5) is 28.5. The van der Waals surface area contributed by atoms with Crippen LogP contribution in [0, 0.1) is 5.82 Å². The summed E-state index contributed by atoms with van der Waals surface area (Å²) in [5.74, 6) is -1.55. The minimum atomic E-state index is -3.87. The standard InChI is InChI=1S/C28H31BrFN3O4S/c1-3-16-31-28(35)26(17-21-10-5-4-6-11-21)32(19-22-12-7-8-15-25(22)30)27(34)20-33(38(2,36)37)24-14-9-13-23(29)18-24/h4-15,18,26H,3,16-17,19-20H2,1-2H3,(H,31,35)/t26-/m0/s1. The highest BCUT2D eigenvalue weighted by molar-refractivity contribution is 9.10. The zero-order valence-corrected chi connectivity index (χ0v) is 23.7. The van der Waals surface area contributed by atoms with Crippen LogP contribution in [-0.2, 0) is 32.6 Å². The highest BCUT2D eigenvalue weighted by atomic mass is 79.9. The summed E-state index contributed by atoms with van der Waals surface area (Å²) >= 11 is 3.34. The molecule has 10 heteroatoms. The van der Waals surface area contributed by atoms with Gasteiger partial charge in [-0.2, -0.15) is 0 Å². The highest BCUT2D eigenvalue weighted by Gasteiger charge is 2.33. The molecule has 3 aromatic rings. The lowest BCUT2D eigenvalue weighted by molar-refractivity contribution is -0.140. The number of halogens is 2. The second kappa shape index (κ2) is 13.5. The first kappa shape index (κ1) is 29.3. The molecule has 0 saturated carbocycles. The number of benzene rings is 3. The van der Waals surface area contributed by atoms with Crippen molar-refractivity contribution in [3.8, 4) is 0 Å². The van der Waals surface area contributed by atoms with E-state index in [4.69, 9.17) is 0 Å². The molecule has 3 rings (SSSR count). The van der Waals surface area contributed by atoms with Gasteiger partial charge in [-0.1, -0.05) is 77.5 Å². The molecule has 7 nitrogen and oxygen atoms in total. The Balaban J connectivity index is 2.05. The van der Waals surface area contributed by atoms with Crippen LogP contribution in [0.15, 0.2) is 83.3 Å². The van der Waals surface area contributed by atoms with Gasteiger partial charge in [-0.3, -0.25) is 13.9 Å². The van der Waals surface area contributed by atoms with Gasteiger partial charge >= 0.3 is 0 Å². The summed E-state index contributed by atoms with van der Waals surface area (Å²) in [5.41, 5.74) is 1.31. The van der Waals surface area contributed by atoms with Gasteiger partial charge in [0.05, 0.1) is 11.9 Å². The Hall–Kier alpha value is -3.24. The molecule has 0 radical (unpaired) electrons. The van der Waals surface area contributed by atoms with Gasteiger partial charge in [-0.15, -0.1) is 0 Å². The summed E-state index contributed by atoms with van der Waals surface area (Å²) in [6.45, 7) is 1.55. The fourth-order valence-corrected chi connectivity index (χ4v) is 5.20. The molecule has 0 bridgehead atoms. The van der Waals surface area contributed by atoms with E-state index in [2.05, 4.69) is 21.2 Å². The largest absolute Gasteiger partial charge is 0.354 e. The van der Waals surface area contributed by atoms with Crippen molar-refractivity contribution in [2.45, 2.75) is 32.4 Å². The van der Waals surface area contributed by atoms with Crippen molar-refractivity contribution in [2.24, 2.45) is 0 Å². The second-order valence-corrected chi connectivity index (χ2v) is 11.7. The van der Waals surface area contributed by atoms with Crippen molar-refractivity contribution in [3.05, 3.63) is 100 Å². The van der Waals surface area contributed by atoms with E-state index < -0.39 is 40.2 Å². The fraction of sp³-hybridized carbons (Fsp3) is 0.286. The molecule has 2 amide bonds. The van der Waals surface area contributed by atoms with E-state index in [1.807, 2.05) is 37.3 Å². The SMILES string of the molecule is CCCNC(=O)[C@H](Cc1ccccc1)N(Cc1ccccc1F)C(=O)CN(c1cccc(Br)c1)S(C)(=O)=O. The van der Waals surface area contributed by atoms with Crippen LogP contribution in [0.3, 0.4) is 0 Å². The van der Waals surface area contributed by atoms with Crippen LogP contribution >= 0.6 is 15.9 Å². The number of carbonyl (C=O) groups is 2. The number of carbonyl (C=O) groups excluding carboxylic acids is 2. The minimum Gasteiger partial charge on any atom is -0.354 e. The van der Waals surface area contributed by atoms with Crippen molar-refractivity contribution in [3.63, 3.8) is 0 Å². The molecule has 202 valence electrons. The first-order valence-electron chi connectivity index (χ1n) is 12.2. The first-order valence-corrected chi connectivity index (χ1v) is 14.8. The van der Waals surface area contributed by atoms with E-state index in [0.29, 0.717) is 17.4 Å². The quantitative estimate of drug-likeness (QED) is 0.330. The average Bonchev–Trinajstić information content (AvgIpc) is 2.88. The Morgan fingerprint density at radius 1 is 1.00 bits per heavy atom. The molecule has 0 aliphatic carbocycles. The third kappa shape index (κ3) is 8.13. The van der Waals surface area contributed by atoms with Crippen LogP contribution in [0.2, 0.25) is 0 Å². The van der Waals surface area contributed by atoms with Gasteiger partial charge in [-0.25, -0.2) is 12.8 Å². The third-order valence-corrected chi connectivity index (χ3v) is 7.53. The summed E-state index contributed by atoms with van der Waals surface area (Å²) in [5, 5.41) is 2.85. The molecule has 0 fully saturated rings. The number of rotatable bonds is 12. The van der Waals surface area contributed by atoms with E-state index in [9.17, 15) is 22.4 Å². The lowest BCUT2D eigenvalue weighted by atomic mass is 10.0. The van der Waals surface area contributed by atoms with Crippen LogP contribution in [-0.4, -0.2) is 50.5 Å². The molecule has 38 heavy (non-hydrogen) atoms. The molecule has 1 atom stereocenters. The van der Waals surface area contributed by atoms with Crippen molar-refractivity contribution >= 4 is 43.5 Å². The van der Waals surface area contributed by atoms with Gasteiger partial charge in [-0.05, 0) is 36.2 Å². The number of anilines is 1. The topological polar surface area (TPSA) is 86.8 Å². The summed E-state index contributed by atoms with van der Waals surface area (Å²) < 4.78 is 41.8. The van der Waals surface area contributed by atoms with Crippen molar-refractivity contribution in [2.75, 3.05) is 23.7 Å². The Labute approximate surface area is 231 Å². The normalized spacial score (nSPS) is 12.0. The second-order valence-electron chi connectivity index (χ2n) is 8.86. The van der Waals surface area contributed by atoms with Gasteiger partial charge in [0.1, 0.15) is 18.4 Å². The van der Waals surface area contributed by atoms with Crippen LogP contribution in [0.5, 0.6) is 0 Å². The molecule has 0 heterocycles. The van der Waals surface area contributed by atoms with Gasteiger partial charge in [0, 0.05) is 29.5 Å². The zero-order valence-electron chi connectivity index (χ0n) is 21.3. The molecule has 3 aromatic carbocycles. The summed E-state index contributed by atoms with van der Waals surface area (Å²) in [6, 6.07) is 20.8. The van der Waals surface area contributed by atoms with Gasteiger partial charge in [0.15, 0.2) is 0 Å². The number of hydrogen-bond acceptors (Lipinski definition) is 4. The van der Waals surface area contributed by atoms with E-state index in [1.165, 1.54) is 11.0 Å². The van der Waals surface area contributed by atoms with Gasteiger partial charge in [0.25, 0.3) is 0 Å². The number of nitrogens with one attached hydrogen (secondary N) is 1. The smallest absolute Gasteiger partial charge is 0.244 e. The zero-order chi connectivity index (χ0) is 27.7. The molecular weight excluding hydrogens is 573 g/mol. The van der Waals surface area contributed by atoms with Crippen LogP contribution in [0.4, 0.5) is 10.1 Å². The molecule has 0 aliphatic rings. The van der Waals surface area contributed by atoms with Crippen molar-refractivity contribution < 1.29 is 22.4 Å². The summed E-state index contributed by atoms with van der Waals surface area (Å²) in [7, 11) is -3.87. The van der Waals surface area contributed by atoms with Gasteiger partial charge in [0.2, 0.25) is 21.8 Å². The number of amides is 2. The van der Waals surface area contributed by atoms with Crippen molar-refractivity contribution in [1.29, 1.82) is 0 Å². The highest BCUT2D eigenvalue weighted by Crippen LogP contribution is 2.24. The third-order valence-electron chi connectivity index (χ3n) is 5.89. The van der Waals surface area contributed by atoms with E-state index in [0.717, 1.165) is 16.1 Å². The summed E-state index contributed by atoms with van der Waals surface area (Å²) in [6.07, 6.45) is 1.87. The van der Waals surface area contributed by atoms with E-state index >= 15 is 0 Å². The first-order chi connectivity index (χ1) is 18.1. The van der Waals surface area contributed by atoms with E-state index in [-0.39, 0.29) is 24.2 Å². The van der Waals surface area contributed by atoms with Crippen LogP contribution < -0.4 is 9.62 Å². The molecule has 1 N–H and O–H groups in total. The van der Waals surface area contributed by atoms with E-state index in [1.54, 1.807) is 42.5 Å². The molecule has 0 aromatic heterocycles. The Morgan fingerprint density at radius 2 is 1.68 bits per heavy atom. The molecule has 0 aliphatic heterocycles. The van der Waals surface area contributed by atoms with Crippen LogP contribution in [0.25, 0.3) is 0 Å². The maximum Gasteiger partial charge on any atom is 0.244 e. The Bertz CT molecular complexity index is 1350. The molecule has 0 spiro atoms.